The summed E-state index contributed by atoms with van der Waals surface area (Å²) in [5, 5.41) is 0. The zero-order chi connectivity index (χ0) is 9.23. The zero-order valence-electron chi connectivity index (χ0n) is 8.60. The monoisotopic (exact) mass is 166 g/mol. The van der Waals surface area contributed by atoms with Crippen molar-refractivity contribution in [2.45, 2.75) is 52.4 Å². The van der Waals surface area contributed by atoms with Crippen molar-refractivity contribution in [1.82, 2.24) is 0 Å². The molecule has 0 aliphatic rings. The lowest BCUT2D eigenvalue weighted by atomic mass is 10.1. The van der Waals surface area contributed by atoms with E-state index in [0.29, 0.717) is 0 Å². The molecular formula is C12H22. The van der Waals surface area contributed by atoms with Crippen molar-refractivity contribution >= 4 is 0 Å². The van der Waals surface area contributed by atoms with E-state index < -0.39 is 0 Å². The number of hydrogen-bond acceptors (Lipinski definition) is 0. The summed E-state index contributed by atoms with van der Waals surface area (Å²) in [5.41, 5.74) is 1.61. The van der Waals surface area contributed by atoms with Gasteiger partial charge in [0.25, 0.3) is 0 Å². The normalized spacial score (nSPS) is 9.50. The van der Waals surface area contributed by atoms with Crippen LogP contribution in [0.4, 0.5) is 0 Å². The van der Waals surface area contributed by atoms with Gasteiger partial charge in [-0.05, 0) is 38.5 Å². The van der Waals surface area contributed by atoms with E-state index >= 15 is 0 Å². The average molecular weight is 166 g/mol. The Morgan fingerprint density at radius 2 is 1.67 bits per heavy atom. The Kier molecular flexibility index (Phi) is 8.20. The summed E-state index contributed by atoms with van der Waals surface area (Å²) in [7, 11) is 0. The summed E-state index contributed by atoms with van der Waals surface area (Å²) in [5.74, 6) is 0. The van der Waals surface area contributed by atoms with Crippen LogP contribution in [0.1, 0.15) is 52.4 Å². The van der Waals surface area contributed by atoms with Gasteiger partial charge in [0.1, 0.15) is 0 Å². The van der Waals surface area contributed by atoms with Crippen molar-refractivity contribution in [3.05, 3.63) is 24.3 Å². The van der Waals surface area contributed by atoms with Gasteiger partial charge < -0.3 is 0 Å². The molecule has 0 aromatic heterocycles. The Balaban J connectivity index is 3.37. The van der Waals surface area contributed by atoms with Gasteiger partial charge in [0.15, 0.2) is 0 Å². The lowest BCUT2D eigenvalue weighted by Crippen LogP contribution is -1.79. The quantitative estimate of drug-likeness (QED) is 0.386. The van der Waals surface area contributed by atoms with Crippen LogP contribution in [-0.2, 0) is 0 Å². The molecular weight excluding hydrogens is 144 g/mol. The third kappa shape index (κ3) is 6.21. The fraction of sp³-hybridized carbons (Fsp3) is 0.667. The molecule has 0 aliphatic heterocycles. The number of unbranched alkanes of at least 4 members (excludes halogenated alkanes) is 3. The smallest absolute Gasteiger partial charge is 0.0348 e. The van der Waals surface area contributed by atoms with Crippen LogP contribution >= 0.6 is 0 Å². The van der Waals surface area contributed by atoms with Crippen molar-refractivity contribution in [1.29, 1.82) is 0 Å². The summed E-state index contributed by atoms with van der Waals surface area (Å²) in [6.07, 6.45) is 11.9. The Hall–Kier alpha value is -0.520. The molecule has 0 saturated carbocycles. The van der Waals surface area contributed by atoms with Gasteiger partial charge in [0.2, 0.25) is 0 Å². The van der Waals surface area contributed by atoms with Crippen LogP contribution in [0.15, 0.2) is 24.3 Å². The van der Waals surface area contributed by atoms with Crippen molar-refractivity contribution in [3.63, 3.8) is 0 Å². The van der Waals surface area contributed by atoms with Gasteiger partial charge in [-0.3, -0.25) is 0 Å². The highest BCUT2D eigenvalue weighted by atomic mass is 14.0. The third-order valence-corrected chi connectivity index (χ3v) is 2.20. The molecule has 0 rings (SSSR count). The second-order valence-corrected chi connectivity index (χ2v) is 3.14. The lowest BCUT2D eigenvalue weighted by molar-refractivity contribution is 0.755. The third-order valence-electron chi connectivity index (χ3n) is 2.20. The van der Waals surface area contributed by atoms with Gasteiger partial charge in [-0.1, -0.05) is 31.6 Å². The maximum atomic E-state index is 3.71. The first kappa shape index (κ1) is 11.5. The molecule has 0 amide bonds. The van der Waals surface area contributed by atoms with Gasteiger partial charge in [0.05, 0.1) is 0 Å². The highest BCUT2D eigenvalue weighted by molar-refractivity contribution is 4.99. The molecule has 0 N–H and O–H groups in total. The fourth-order valence-corrected chi connectivity index (χ4v) is 1.28. The number of hydrogen-bond donors (Lipinski definition) is 0. The summed E-state index contributed by atoms with van der Waals surface area (Å²) < 4.78 is 0. The van der Waals surface area contributed by atoms with Crippen LogP contribution in [0.3, 0.4) is 0 Å². The highest BCUT2D eigenvalue weighted by Crippen LogP contribution is 2.09. The molecule has 0 saturated heterocycles. The minimum Gasteiger partial charge on any atom is -0.103 e. The second kappa shape index (κ2) is 8.58. The predicted octanol–water partition coefficient (Wildman–Crippen LogP) is 4.48. The van der Waals surface area contributed by atoms with Crippen LogP contribution in [-0.4, -0.2) is 0 Å². The van der Waals surface area contributed by atoms with E-state index in [1.165, 1.54) is 38.5 Å². The molecule has 0 heterocycles. The predicted molar refractivity (Wildman–Crippen MR) is 57.3 cm³/mol. The van der Waals surface area contributed by atoms with Crippen LogP contribution in [0.2, 0.25) is 0 Å². The topological polar surface area (TPSA) is 0 Å². The van der Waals surface area contributed by atoms with Crippen LogP contribution in [0.25, 0.3) is 0 Å². The van der Waals surface area contributed by atoms with Gasteiger partial charge in [-0.15, -0.1) is 6.58 Å². The van der Waals surface area contributed by atoms with E-state index in [2.05, 4.69) is 26.5 Å². The Bertz CT molecular complexity index is 125. The molecule has 0 aliphatic carbocycles. The Morgan fingerprint density at radius 3 is 2.17 bits per heavy atom. The van der Waals surface area contributed by atoms with Gasteiger partial charge in [-0.25, -0.2) is 0 Å². The molecule has 0 aromatic rings. The van der Waals surface area contributed by atoms with Crippen LogP contribution < -0.4 is 0 Å². The zero-order valence-corrected chi connectivity index (χ0v) is 8.60. The van der Waals surface area contributed by atoms with Gasteiger partial charge in [0, 0.05) is 0 Å². The van der Waals surface area contributed by atoms with E-state index in [1.807, 2.05) is 6.08 Å². The van der Waals surface area contributed by atoms with Crippen molar-refractivity contribution in [2.75, 3.05) is 0 Å². The van der Waals surface area contributed by atoms with Gasteiger partial charge in [-0.2, -0.15) is 0 Å². The first-order valence-electron chi connectivity index (χ1n) is 5.13. The standard InChI is InChI=1S/C12H22/c1-4-7-8-9-10-11-12(5-2)6-3/h4,11H,1,5-10H2,2-3H3. The van der Waals surface area contributed by atoms with Crippen molar-refractivity contribution < 1.29 is 0 Å². The Morgan fingerprint density at radius 1 is 1.08 bits per heavy atom. The molecule has 70 valence electrons. The van der Waals surface area contributed by atoms with E-state index in [-0.39, 0.29) is 0 Å². The number of rotatable bonds is 7. The summed E-state index contributed by atoms with van der Waals surface area (Å²) in [6.45, 7) is 8.18. The van der Waals surface area contributed by atoms with Crippen LogP contribution in [0, 0.1) is 0 Å². The summed E-state index contributed by atoms with van der Waals surface area (Å²) in [6, 6.07) is 0. The van der Waals surface area contributed by atoms with E-state index in [9.17, 15) is 0 Å². The lowest BCUT2D eigenvalue weighted by Gasteiger charge is -1.99. The molecule has 0 radical (unpaired) electrons. The van der Waals surface area contributed by atoms with Crippen molar-refractivity contribution in [2.24, 2.45) is 0 Å². The molecule has 0 aromatic carbocycles. The molecule has 0 atom stereocenters. The molecule has 0 fully saturated rings. The average Bonchev–Trinajstić information content (AvgIpc) is 2.11. The summed E-state index contributed by atoms with van der Waals surface area (Å²) >= 11 is 0. The van der Waals surface area contributed by atoms with Crippen LogP contribution in [0.5, 0.6) is 0 Å². The first-order chi connectivity index (χ1) is 5.85. The maximum Gasteiger partial charge on any atom is -0.0348 e. The molecule has 12 heavy (non-hydrogen) atoms. The number of allylic oxidation sites excluding steroid dienone is 3. The maximum absolute atomic E-state index is 3.71. The molecule has 0 spiro atoms. The SMILES string of the molecule is C=CCCCCC=C(CC)CC. The van der Waals surface area contributed by atoms with E-state index in [0.717, 1.165) is 0 Å². The first-order valence-corrected chi connectivity index (χ1v) is 5.13. The molecule has 0 nitrogen and oxygen atoms in total. The van der Waals surface area contributed by atoms with Crippen molar-refractivity contribution in [3.8, 4) is 0 Å². The fourth-order valence-electron chi connectivity index (χ4n) is 1.28. The molecule has 0 unspecified atom stereocenters. The second-order valence-electron chi connectivity index (χ2n) is 3.14. The van der Waals surface area contributed by atoms with Gasteiger partial charge >= 0.3 is 0 Å². The van der Waals surface area contributed by atoms with E-state index in [1.54, 1.807) is 5.57 Å². The molecule has 0 bridgehead atoms. The van der Waals surface area contributed by atoms with E-state index in [4.69, 9.17) is 0 Å². The largest absolute Gasteiger partial charge is 0.103 e. The Labute approximate surface area is 77.4 Å². The minimum absolute atomic E-state index is 1.17. The minimum atomic E-state index is 1.17. The summed E-state index contributed by atoms with van der Waals surface area (Å²) in [4.78, 5) is 0. The highest BCUT2D eigenvalue weighted by Gasteiger charge is 1.89. The molecule has 0 heteroatoms.